The molecule has 5 rings (SSSR count). The Morgan fingerprint density at radius 1 is 0.879 bits per heavy atom. The monoisotopic (exact) mass is 436 g/mol. The van der Waals surface area contributed by atoms with E-state index in [2.05, 4.69) is 42.6 Å². The maximum absolute atomic E-state index is 13.7. The first-order valence-corrected chi connectivity index (χ1v) is 11.6. The summed E-state index contributed by atoms with van der Waals surface area (Å²) in [5, 5.41) is 5.89. The fourth-order valence-corrected chi connectivity index (χ4v) is 4.54. The Kier molecular flexibility index (Phi) is 5.99. The number of carbonyl (C=O) groups is 1. The van der Waals surface area contributed by atoms with Gasteiger partial charge in [-0.15, -0.1) is 0 Å². The summed E-state index contributed by atoms with van der Waals surface area (Å²) in [5.74, 6) is 0.865. The number of nitrogens with zero attached hydrogens (tertiary/aromatic N) is 1. The third-order valence-corrected chi connectivity index (χ3v) is 6.17. The topological polar surface area (TPSA) is 41.6 Å². The zero-order valence-electron chi connectivity index (χ0n) is 18.8. The van der Waals surface area contributed by atoms with Crippen LogP contribution >= 0.6 is 0 Å². The molecule has 1 amide bonds. The molecule has 4 nitrogen and oxygen atoms in total. The van der Waals surface area contributed by atoms with Crippen LogP contribution in [0.25, 0.3) is 10.8 Å². The molecule has 0 aliphatic carbocycles. The lowest BCUT2D eigenvalue weighted by Gasteiger charge is -2.39. The average Bonchev–Trinajstić information content (AvgIpc) is 2.87. The lowest BCUT2D eigenvalue weighted by molar-refractivity contribution is 0.0684. The van der Waals surface area contributed by atoms with E-state index in [1.54, 1.807) is 0 Å². The number of carbonyl (C=O) groups excluding carboxylic acids is 1. The molecule has 1 aliphatic heterocycles. The number of rotatable bonds is 7. The molecule has 4 aromatic rings. The maximum Gasteiger partial charge on any atom is 0.257 e. The van der Waals surface area contributed by atoms with Gasteiger partial charge in [-0.2, -0.15) is 0 Å². The second-order valence-corrected chi connectivity index (χ2v) is 8.37. The van der Waals surface area contributed by atoms with Crippen LogP contribution < -0.4 is 10.1 Å². The van der Waals surface area contributed by atoms with Gasteiger partial charge < -0.3 is 15.0 Å². The Bertz CT molecular complexity index is 1270. The van der Waals surface area contributed by atoms with E-state index in [9.17, 15) is 4.79 Å². The van der Waals surface area contributed by atoms with E-state index < -0.39 is 0 Å². The van der Waals surface area contributed by atoms with Gasteiger partial charge in [0.2, 0.25) is 0 Å². The molecular formula is C29H28N2O2. The molecule has 0 saturated carbocycles. The minimum atomic E-state index is -0.325. The van der Waals surface area contributed by atoms with Crippen LogP contribution in [0.4, 0.5) is 5.69 Å². The smallest absolute Gasteiger partial charge is 0.257 e. The summed E-state index contributed by atoms with van der Waals surface area (Å²) in [6.07, 6.45) is 1.38. The summed E-state index contributed by atoms with van der Waals surface area (Å²) in [6.45, 7) is 3.34. The standard InChI is InChI=1S/C29H28N2O2/c1-2-20-33-26-17-16-22-12-6-7-13-23(22)27(26)28-30-25-15-9-8-14-24(25)29(32)31(28)19-18-21-10-4-3-5-11-21/h3-17,28,30H,2,18-20H2,1H3. The van der Waals surface area contributed by atoms with Crippen molar-refractivity contribution in [3.63, 3.8) is 0 Å². The first-order valence-electron chi connectivity index (χ1n) is 11.6. The quantitative estimate of drug-likeness (QED) is 0.363. The maximum atomic E-state index is 13.7. The second-order valence-electron chi connectivity index (χ2n) is 8.37. The minimum absolute atomic E-state index is 0.0413. The van der Waals surface area contributed by atoms with Crippen molar-refractivity contribution < 1.29 is 9.53 Å². The van der Waals surface area contributed by atoms with Gasteiger partial charge in [-0.05, 0) is 47.4 Å². The van der Waals surface area contributed by atoms with Crippen molar-refractivity contribution >= 4 is 22.4 Å². The van der Waals surface area contributed by atoms with Gasteiger partial charge in [0.15, 0.2) is 0 Å². The molecule has 0 radical (unpaired) electrons. The SMILES string of the molecule is CCCOc1ccc2ccccc2c1C1Nc2ccccc2C(=O)N1CCc1ccccc1. The van der Waals surface area contributed by atoms with E-state index in [4.69, 9.17) is 4.74 Å². The highest BCUT2D eigenvalue weighted by Crippen LogP contribution is 2.40. The number of ether oxygens (including phenoxy) is 1. The highest BCUT2D eigenvalue weighted by atomic mass is 16.5. The molecule has 33 heavy (non-hydrogen) atoms. The van der Waals surface area contributed by atoms with E-state index in [0.717, 1.165) is 40.6 Å². The molecule has 1 N–H and O–H groups in total. The first kappa shape index (κ1) is 21.1. The lowest BCUT2D eigenvalue weighted by Crippen LogP contribution is -2.44. The zero-order chi connectivity index (χ0) is 22.6. The van der Waals surface area contributed by atoms with Crippen molar-refractivity contribution in [1.82, 2.24) is 4.90 Å². The van der Waals surface area contributed by atoms with Crippen LogP contribution in [0, 0.1) is 0 Å². The van der Waals surface area contributed by atoms with Crippen LogP contribution in [0.15, 0.2) is 91.0 Å². The zero-order valence-corrected chi connectivity index (χ0v) is 18.8. The lowest BCUT2D eigenvalue weighted by atomic mass is 9.97. The summed E-state index contributed by atoms with van der Waals surface area (Å²) >= 11 is 0. The normalized spacial score (nSPS) is 15.2. The number of hydrogen-bond donors (Lipinski definition) is 1. The van der Waals surface area contributed by atoms with Gasteiger partial charge in [-0.25, -0.2) is 0 Å². The van der Waals surface area contributed by atoms with Crippen molar-refractivity contribution in [2.75, 3.05) is 18.5 Å². The fraction of sp³-hybridized carbons (Fsp3) is 0.207. The summed E-state index contributed by atoms with van der Waals surface area (Å²) in [5.41, 5.74) is 3.79. The average molecular weight is 437 g/mol. The van der Waals surface area contributed by atoms with Gasteiger partial charge in [-0.1, -0.05) is 79.7 Å². The van der Waals surface area contributed by atoms with Gasteiger partial charge in [0.05, 0.1) is 12.2 Å². The molecular weight excluding hydrogens is 408 g/mol. The Hall–Kier alpha value is -3.79. The summed E-state index contributed by atoms with van der Waals surface area (Å²) in [6, 6.07) is 30.5. The third-order valence-electron chi connectivity index (χ3n) is 6.17. The van der Waals surface area contributed by atoms with Gasteiger partial charge in [0.25, 0.3) is 5.91 Å². The number of hydrogen-bond acceptors (Lipinski definition) is 3. The number of fused-ring (bicyclic) bond motifs is 2. The predicted molar refractivity (Wildman–Crippen MR) is 134 cm³/mol. The van der Waals surface area contributed by atoms with Gasteiger partial charge in [-0.3, -0.25) is 4.79 Å². The molecule has 4 aromatic carbocycles. The van der Waals surface area contributed by atoms with Gasteiger partial charge >= 0.3 is 0 Å². The fourth-order valence-electron chi connectivity index (χ4n) is 4.54. The Morgan fingerprint density at radius 2 is 1.64 bits per heavy atom. The van der Waals surface area contributed by atoms with Crippen molar-refractivity contribution in [2.24, 2.45) is 0 Å². The molecule has 0 saturated heterocycles. The molecule has 0 fully saturated rings. The molecule has 0 aromatic heterocycles. The van der Waals surface area contributed by atoms with E-state index in [1.165, 1.54) is 5.56 Å². The van der Waals surface area contributed by atoms with Crippen molar-refractivity contribution in [3.05, 3.63) is 108 Å². The van der Waals surface area contributed by atoms with Crippen LogP contribution in [0.1, 0.15) is 41.0 Å². The molecule has 4 heteroatoms. The molecule has 1 atom stereocenters. The van der Waals surface area contributed by atoms with Crippen LogP contribution in [-0.4, -0.2) is 24.0 Å². The highest BCUT2D eigenvalue weighted by molar-refractivity contribution is 6.02. The minimum Gasteiger partial charge on any atom is -0.493 e. The van der Waals surface area contributed by atoms with E-state index in [-0.39, 0.29) is 12.1 Å². The van der Waals surface area contributed by atoms with Crippen LogP contribution in [0.2, 0.25) is 0 Å². The largest absolute Gasteiger partial charge is 0.493 e. The number of nitrogens with one attached hydrogen (secondary N) is 1. The van der Waals surface area contributed by atoms with Gasteiger partial charge in [0, 0.05) is 17.8 Å². The Labute approximate surface area is 194 Å². The van der Waals surface area contributed by atoms with Crippen LogP contribution in [-0.2, 0) is 6.42 Å². The van der Waals surface area contributed by atoms with Gasteiger partial charge in [0.1, 0.15) is 11.9 Å². The molecule has 1 unspecified atom stereocenters. The Balaban J connectivity index is 1.62. The molecule has 0 spiro atoms. The predicted octanol–water partition coefficient (Wildman–Crippen LogP) is 6.44. The van der Waals surface area contributed by atoms with E-state index in [0.29, 0.717) is 18.7 Å². The highest BCUT2D eigenvalue weighted by Gasteiger charge is 2.35. The number of amides is 1. The number of benzene rings is 4. The summed E-state index contributed by atoms with van der Waals surface area (Å²) < 4.78 is 6.20. The number of anilines is 1. The third kappa shape index (κ3) is 4.17. The Morgan fingerprint density at radius 3 is 2.48 bits per heavy atom. The molecule has 1 heterocycles. The molecule has 0 bridgehead atoms. The summed E-state index contributed by atoms with van der Waals surface area (Å²) in [4.78, 5) is 15.7. The van der Waals surface area contributed by atoms with Crippen LogP contribution in [0.5, 0.6) is 5.75 Å². The first-order chi connectivity index (χ1) is 16.3. The number of para-hydroxylation sites is 1. The van der Waals surface area contributed by atoms with Crippen molar-refractivity contribution in [2.45, 2.75) is 25.9 Å². The van der Waals surface area contributed by atoms with Crippen molar-refractivity contribution in [1.29, 1.82) is 0 Å². The van der Waals surface area contributed by atoms with E-state index in [1.807, 2.05) is 65.6 Å². The van der Waals surface area contributed by atoms with Crippen LogP contribution in [0.3, 0.4) is 0 Å². The molecule has 166 valence electrons. The van der Waals surface area contributed by atoms with Crippen molar-refractivity contribution in [3.8, 4) is 5.75 Å². The summed E-state index contributed by atoms with van der Waals surface area (Å²) in [7, 11) is 0. The van der Waals surface area contributed by atoms with E-state index >= 15 is 0 Å². The second kappa shape index (κ2) is 9.37. The molecule has 1 aliphatic rings.